The molecule has 2 unspecified atom stereocenters. The second kappa shape index (κ2) is 7.53. The molecule has 0 spiro atoms. The molecule has 0 amide bonds. The Kier molecular flexibility index (Phi) is 6.69. The van der Waals surface area contributed by atoms with E-state index in [4.69, 9.17) is 0 Å². The number of nitrogens with one attached hydrogen (secondary N) is 1. The normalized spacial score (nSPS) is 27.2. The van der Waals surface area contributed by atoms with Crippen molar-refractivity contribution in [2.45, 2.75) is 43.4 Å². The van der Waals surface area contributed by atoms with E-state index in [1.54, 1.807) is 0 Å². The molecule has 0 saturated heterocycles. The summed E-state index contributed by atoms with van der Waals surface area (Å²) in [5.41, 5.74) is 0. The minimum atomic E-state index is 0.790. The van der Waals surface area contributed by atoms with Crippen LogP contribution in [0.15, 0.2) is 0 Å². The highest BCUT2D eigenvalue weighted by Gasteiger charge is 2.20. The van der Waals surface area contributed by atoms with Crippen molar-refractivity contribution in [1.29, 1.82) is 0 Å². The Balaban J connectivity index is 2.05. The molecule has 1 saturated carbocycles. The average Bonchev–Trinajstić information content (AvgIpc) is 2.24. The molecule has 1 aliphatic carbocycles. The Morgan fingerprint density at radius 2 is 2.13 bits per heavy atom. The standard InChI is InChI=1S/C12H26N2S/c1-14(2)9-5-8-13-11-6-4-7-12(10-11)15-3/h11-13H,4-10H2,1-3H3. The lowest BCUT2D eigenvalue weighted by Gasteiger charge is -2.29. The zero-order valence-electron chi connectivity index (χ0n) is 10.5. The summed E-state index contributed by atoms with van der Waals surface area (Å²) < 4.78 is 0. The largest absolute Gasteiger partial charge is 0.314 e. The molecule has 0 aliphatic heterocycles. The highest BCUT2D eigenvalue weighted by atomic mass is 32.2. The highest BCUT2D eigenvalue weighted by Crippen LogP contribution is 2.26. The zero-order valence-corrected chi connectivity index (χ0v) is 11.3. The van der Waals surface area contributed by atoms with E-state index in [0.717, 1.165) is 11.3 Å². The molecule has 2 nitrogen and oxygen atoms in total. The van der Waals surface area contributed by atoms with Gasteiger partial charge in [-0.1, -0.05) is 6.42 Å². The van der Waals surface area contributed by atoms with Gasteiger partial charge in [-0.2, -0.15) is 11.8 Å². The van der Waals surface area contributed by atoms with Crippen molar-refractivity contribution >= 4 is 11.8 Å². The van der Waals surface area contributed by atoms with Gasteiger partial charge in [0.05, 0.1) is 0 Å². The van der Waals surface area contributed by atoms with Gasteiger partial charge in [0.1, 0.15) is 0 Å². The van der Waals surface area contributed by atoms with Crippen molar-refractivity contribution in [2.75, 3.05) is 33.4 Å². The molecule has 0 aromatic heterocycles. The molecule has 0 aromatic rings. The number of nitrogens with zero attached hydrogens (tertiary/aromatic N) is 1. The second-order valence-corrected chi connectivity index (χ2v) is 5.97. The van der Waals surface area contributed by atoms with E-state index in [1.807, 2.05) is 11.8 Å². The molecule has 0 bridgehead atoms. The maximum atomic E-state index is 3.70. The van der Waals surface area contributed by atoms with E-state index in [1.165, 1.54) is 45.2 Å². The van der Waals surface area contributed by atoms with Crippen LogP contribution in [-0.2, 0) is 0 Å². The average molecular weight is 230 g/mol. The molecule has 3 heteroatoms. The van der Waals surface area contributed by atoms with Gasteiger partial charge in [0.2, 0.25) is 0 Å². The summed E-state index contributed by atoms with van der Waals surface area (Å²) in [6.45, 7) is 2.38. The van der Waals surface area contributed by atoms with E-state index in [2.05, 4.69) is 30.6 Å². The second-order valence-electron chi connectivity index (χ2n) is 4.83. The van der Waals surface area contributed by atoms with Gasteiger partial charge in [-0.05, 0) is 59.1 Å². The highest BCUT2D eigenvalue weighted by molar-refractivity contribution is 7.99. The smallest absolute Gasteiger partial charge is 0.00776 e. The fraction of sp³-hybridized carbons (Fsp3) is 1.00. The minimum Gasteiger partial charge on any atom is -0.314 e. The summed E-state index contributed by atoms with van der Waals surface area (Å²) in [4.78, 5) is 2.26. The summed E-state index contributed by atoms with van der Waals surface area (Å²) in [7, 11) is 4.29. The topological polar surface area (TPSA) is 15.3 Å². The molecule has 0 heterocycles. The van der Waals surface area contributed by atoms with Crippen LogP contribution in [-0.4, -0.2) is 49.6 Å². The van der Waals surface area contributed by atoms with Gasteiger partial charge >= 0.3 is 0 Å². The predicted molar refractivity (Wildman–Crippen MR) is 70.7 cm³/mol. The molecule has 15 heavy (non-hydrogen) atoms. The van der Waals surface area contributed by atoms with E-state index < -0.39 is 0 Å². The molecule has 0 radical (unpaired) electrons. The fourth-order valence-electron chi connectivity index (χ4n) is 2.25. The van der Waals surface area contributed by atoms with Gasteiger partial charge in [-0.25, -0.2) is 0 Å². The Labute approximate surface area is 99.2 Å². The van der Waals surface area contributed by atoms with E-state index in [0.29, 0.717) is 0 Å². The summed E-state index contributed by atoms with van der Waals surface area (Å²) in [6, 6.07) is 0.790. The van der Waals surface area contributed by atoms with Gasteiger partial charge in [0.25, 0.3) is 0 Å². The molecular formula is C12H26N2S. The van der Waals surface area contributed by atoms with E-state index in [-0.39, 0.29) is 0 Å². The first-order valence-corrected chi connectivity index (χ1v) is 7.42. The van der Waals surface area contributed by atoms with Crippen molar-refractivity contribution in [3.8, 4) is 0 Å². The van der Waals surface area contributed by atoms with Crippen LogP contribution in [0.1, 0.15) is 32.1 Å². The van der Waals surface area contributed by atoms with E-state index in [9.17, 15) is 0 Å². The lowest BCUT2D eigenvalue weighted by Crippen LogP contribution is -2.36. The number of rotatable bonds is 6. The maximum Gasteiger partial charge on any atom is 0.00776 e. The fourth-order valence-corrected chi connectivity index (χ4v) is 3.07. The summed E-state index contributed by atoms with van der Waals surface area (Å²) in [5.74, 6) is 0. The van der Waals surface area contributed by atoms with Crippen LogP contribution in [0.3, 0.4) is 0 Å². The Morgan fingerprint density at radius 3 is 2.80 bits per heavy atom. The van der Waals surface area contributed by atoms with Crippen molar-refractivity contribution in [3.05, 3.63) is 0 Å². The molecule has 1 aliphatic rings. The third-order valence-corrected chi connectivity index (χ3v) is 4.27. The molecule has 0 aromatic carbocycles. The lowest BCUT2D eigenvalue weighted by atomic mass is 9.95. The van der Waals surface area contributed by atoms with Crippen LogP contribution in [0.2, 0.25) is 0 Å². The van der Waals surface area contributed by atoms with Crippen LogP contribution >= 0.6 is 11.8 Å². The third-order valence-electron chi connectivity index (χ3n) is 3.17. The monoisotopic (exact) mass is 230 g/mol. The van der Waals surface area contributed by atoms with Gasteiger partial charge in [-0.3, -0.25) is 0 Å². The quantitative estimate of drug-likeness (QED) is 0.704. The number of hydrogen-bond donors (Lipinski definition) is 1. The van der Waals surface area contributed by atoms with Crippen molar-refractivity contribution in [1.82, 2.24) is 10.2 Å². The van der Waals surface area contributed by atoms with Crippen LogP contribution in [0.5, 0.6) is 0 Å². The van der Waals surface area contributed by atoms with Crippen LogP contribution < -0.4 is 5.32 Å². The van der Waals surface area contributed by atoms with Gasteiger partial charge in [0.15, 0.2) is 0 Å². The minimum absolute atomic E-state index is 0.790. The Bertz CT molecular complexity index is 162. The molecule has 90 valence electrons. The first-order valence-electron chi connectivity index (χ1n) is 6.13. The summed E-state index contributed by atoms with van der Waals surface area (Å²) in [5, 5.41) is 4.61. The maximum absolute atomic E-state index is 3.70. The van der Waals surface area contributed by atoms with E-state index >= 15 is 0 Å². The molecule has 1 N–H and O–H groups in total. The first-order chi connectivity index (χ1) is 7.22. The van der Waals surface area contributed by atoms with Crippen LogP contribution in [0.25, 0.3) is 0 Å². The van der Waals surface area contributed by atoms with Crippen LogP contribution in [0.4, 0.5) is 0 Å². The molecular weight excluding hydrogens is 204 g/mol. The van der Waals surface area contributed by atoms with Gasteiger partial charge in [-0.15, -0.1) is 0 Å². The third kappa shape index (κ3) is 5.79. The molecule has 2 atom stereocenters. The van der Waals surface area contributed by atoms with Crippen molar-refractivity contribution in [2.24, 2.45) is 0 Å². The zero-order chi connectivity index (χ0) is 11.1. The Hall–Kier alpha value is 0.270. The summed E-state index contributed by atoms with van der Waals surface area (Å²) >= 11 is 2.05. The number of thioether (sulfide) groups is 1. The first kappa shape index (κ1) is 13.3. The number of hydrogen-bond acceptors (Lipinski definition) is 3. The molecule has 1 rings (SSSR count). The van der Waals surface area contributed by atoms with Crippen molar-refractivity contribution in [3.63, 3.8) is 0 Å². The van der Waals surface area contributed by atoms with Gasteiger partial charge < -0.3 is 10.2 Å². The Morgan fingerprint density at radius 1 is 1.33 bits per heavy atom. The van der Waals surface area contributed by atoms with Crippen LogP contribution in [0, 0.1) is 0 Å². The van der Waals surface area contributed by atoms with Crippen molar-refractivity contribution < 1.29 is 0 Å². The predicted octanol–water partition coefficient (Wildman–Crippen LogP) is 2.20. The van der Waals surface area contributed by atoms with Gasteiger partial charge in [0, 0.05) is 11.3 Å². The lowest BCUT2D eigenvalue weighted by molar-refractivity contribution is 0.354. The molecule has 1 fully saturated rings. The summed E-state index contributed by atoms with van der Waals surface area (Å²) in [6.07, 6.45) is 9.13. The SMILES string of the molecule is CSC1CCCC(NCCCN(C)C)C1.